The highest BCUT2D eigenvalue weighted by molar-refractivity contribution is 6.01. The van der Waals surface area contributed by atoms with Crippen LogP contribution in [0.4, 0.5) is 20.6 Å². The van der Waals surface area contributed by atoms with Gasteiger partial charge in [0.1, 0.15) is 18.2 Å². The highest BCUT2D eigenvalue weighted by atomic mass is 19.1. The number of hydrogen-bond donors (Lipinski definition) is 3. The first-order valence-corrected chi connectivity index (χ1v) is 12.4. The molecule has 3 aromatic carbocycles. The fourth-order valence-corrected chi connectivity index (χ4v) is 4.49. The van der Waals surface area contributed by atoms with Crippen LogP contribution in [0, 0.1) is 6.92 Å². The highest BCUT2D eigenvalue weighted by Crippen LogP contribution is 2.33. The molecule has 0 bridgehead atoms. The van der Waals surface area contributed by atoms with Crippen molar-refractivity contribution >= 4 is 29.2 Å². The maximum absolute atomic E-state index is 15.9. The lowest BCUT2D eigenvalue weighted by atomic mass is 9.98. The Labute approximate surface area is 225 Å². The molecule has 1 heterocycles. The number of nitrogens with zero attached hydrogens (tertiary/aromatic N) is 1. The Bertz CT molecular complexity index is 1360. The normalized spacial score (nSPS) is 16.9. The Morgan fingerprint density at radius 3 is 2.44 bits per heavy atom. The van der Waals surface area contributed by atoms with Gasteiger partial charge in [-0.15, -0.1) is 0 Å². The van der Waals surface area contributed by atoms with Crippen LogP contribution in [-0.2, 0) is 11.2 Å². The van der Waals surface area contributed by atoms with Crippen molar-refractivity contribution in [2.75, 3.05) is 31.0 Å². The number of ether oxygens (including phenoxy) is 2. The van der Waals surface area contributed by atoms with Crippen molar-refractivity contribution in [3.8, 4) is 11.5 Å². The Morgan fingerprint density at radius 2 is 1.74 bits per heavy atom. The molecule has 1 saturated heterocycles. The van der Waals surface area contributed by atoms with E-state index in [0.29, 0.717) is 41.4 Å². The minimum atomic E-state index is -2.17. The van der Waals surface area contributed by atoms with E-state index < -0.39 is 23.6 Å². The second-order valence-electron chi connectivity index (χ2n) is 9.26. The third-order valence-electron chi connectivity index (χ3n) is 6.61. The number of carboxylic acid groups (broad SMARTS) is 1. The summed E-state index contributed by atoms with van der Waals surface area (Å²) >= 11 is 0. The lowest BCUT2D eigenvalue weighted by Crippen LogP contribution is -2.49. The first-order chi connectivity index (χ1) is 18.7. The number of ketones is 1. The Morgan fingerprint density at radius 1 is 1.03 bits per heavy atom. The van der Waals surface area contributed by atoms with Crippen LogP contribution in [0.25, 0.3) is 0 Å². The van der Waals surface area contributed by atoms with E-state index in [4.69, 9.17) is 14.6 Å². The van der Waals surface area contributed by atoms with Crippen LogP contribution in [0.2, 0.25) is 0 Å². The van der Waals surface area contributed by atoms with Gasteiger partial charge in [0.05, 0.1) is 18.4 Å². The minimum Gasteiger partial charge on any atom is -0.495 e. The van der Waals surface area contributed by atoms with Crippen LogP contribution in [-0.4, -0.2) is 54.0 Å². The molecule has 3 N–H and O–H groups in total. The number of carbonyl (C=O) groups excluding carboxylic acids is 2. The van der Waals surface area contributed by atoms with E-state index in [0.717, 1.165) is 5.56 Å². The molecule has 0 aromatic heterocycles. The van der Waals surface area contributed by atoms with Crippen LogP contribution in [0.1, 0.15) is 34.3 Å². The van der Waals surface area contributed by atoms with Crippen LogP contribution in [0.15, 0.2) is 66.7 Å². The second kappa shape index (κ2) is 12.0. The third-order valence-corrected chi connectivity index (χ3v) is 6.61. The molecule has 0 radical (unpaired) electrons. The third kappa shape index (κ3) is 6.53. The summed E-state index contributed by atoms with van der Waals surface area (Å²) in [5.74, 6) is -2.88. The van der Waals surface area contributed by atoms with E-state index >= 15 is 4.39 Å². The number of hydrogen-bond acceptors (Lipinski definition) is 6. The van der Waals surface area contributed by atoms with Crippen molar-refractivity contribution in [3.63, 3.8) is 0 Å². The van der Waals surface area contributed by atoms with Gasteiger partial charge in [-0.05, 0) is 66.9 Å². The molecule has 1 atom stereocenters. The van der Waals surface area contributed by atoms with E-state index in [1.54, 1.807) is 49.4 Å². The molecule has 39 heavy (non-hydrogen) atoms. The zero-order valence-electron chi connectivity index (χ0n) is 21.7. The minimum absolute atomic E-state index is 0.0644. The summed E-state index contributed by atoms with van der Waals surface area (Å²) in [5, 5.41) is 14.5. The number of Topliss-reactive ketones (excluding diaryl/α,β-unsaturated/α-hetero) is 1. The maximum atomic E-state index is 15.9. The number of benzene rings is 3. The number of alkyl halides is 1. The van der Waals surface area contributed by atoms with Crippen molar-refractivity contribution in [2.45, 2.75) is 32.0 Å². The fraction of sp³-hybridized carbons (Fsp3) is 0.276. The number of carboxylic acids is 1. The molecule has 0 saturated carbocycles. The zero-order valence-corrected chi connectivity index (χ0v) is 21.7. The number of nitrogens with one attached hydrogen (secondary N) is 2. The number of carbonyl (C=O) groups is 3. The van der Waals surface area contributed by atoms with Crippen molar-refractivity contribution in [3.05, 3.63) is 83.4 Å². The Kier molecular flexibility index (Phi) is 8.46. The van der Waals surface area contributed by atoms with Crippen LogP contribution < -0.4 is 20.1 Å². The first kappa shape index (κ1) is 27.6. The van der Waals surface area contributed by atoms with E-state index in [-0.39, 0.29) is 25.1 Å². The molecule has 10 heteroatoms. The van der Waals surface area contributed by atoms with E-state index in [1.807, 2.05) is 0 Å². The molecule has 0 aliphatic carbocycles. The number of methoxy groups -OCH3 is 1. The van der Waals surface area contributed by atoms with Gasteiger partial charge >= 0.3 is 12.0 Å². The standard InChI is InChI=1S/C29H30FN3O6/c1-19-16-20(8-13-23(19)31-28(37)32-24-6-3-4-7-25(24)38-2)17-26(34)29(30)14-5-15-33(29)18-39-22-11-9-21(10-12-22)27(35)36/h3-4,6-13,16H,5,14-15,17-18H2,1-2H3,(H,35,36)(H2,31,32,37)/t29-/m1/s1. The Balaban J connectivity index is 1.36. The van der Waals surface area contributed by atoms with E-state index in [2.05, 4.69) is 10.6 Å². The van der Waals surface area contributed by atoms with Gasteiger partial charge in [-0.1, -0.05) is 24.3 Å². The van der Waals surface area contributed by atoms with Gasteiger partial charge < -0.3 is 25.2 Å². The molecule has 1 aliphatic rings. The molecule has 0 spiro atoms. The molecule has 2 amide bonds. The number of rotatable bonds is 10. The number of aromatic carboxylic acids is 1. The summed E-state index contributed by atoms with van der Waals surface area (Å²) in [7, 11) is 1.52. The summed E-state index contributed by atoms with van der Waals surface area (Å²) in [6.07, 6.45) is 0.455. The molecule has 9 nitrogen and oxygen atoms in total. The number of likely N-dealkylation sites (tertiary alicyclic amines) is 1. The van der Waals surface area contributed by atoms with Gasteiger partial charge in [0.25, 0.3) is 0 Å². The summed E-state index contributed by atoms with van der Waals surface area (Å²) in [6, 6.07) is 17.5. The second-order valence-corrected chi connectivity index (χ2v) is 9.26. The zero-order chi connectivity index (χ0) is 28.0. The Hall–Kier alpha value is -4.44. The summed E-state index contributed by atoms with van der Waals surface area (Å²) in [6.45, 7) is 2.01. The van der Waals surface area contributed by atoms with Crippen LogP contribution in [0.3, 0.4) is 0 Å². The molecular formula is C29H30FN3O6. The molecule has 3 aromatic rings. The van der Waals surface area contributed by atoms with Crippen molar-refractivity contribution < 1.29 is 33.4 Å². The number of aryl methyl sites for hydroxylation is 1. The molecule has 0 unspecified atom stereocenters. The van der Waals surface area contributed by atoms with E-state index in [9.17, 15) is 14.4 Å². The fourth-order valence-electron chi connectivity index (χ4n) is 4.49. The molecule has 4 rings (SSSR count). The largest absolute Gasteiger partial charge is 0.495 e. The predicted octanol–water partition coefficient (Wildman–Crippen LogP) is 5.26. The van der Waals surface area contributed by atoms with Crippen molar-refractivity contribution in [1.82, 2.24) is 4.90 Å². The lowest BCUT2D eigenvalue weighted by molar-refractivity contribution is -0.144. The average Bonchev–Trinajstić information content (AvgIpc) is 3.31. The molecule has 204 valence electrons. The lowest BCUT2D eigenvalue weighted by Gasteiger charge is -2.29. The first-order valence-electron chi connectivity index (χ1n) is 12.4. The monoisotopic (exact) mass is 535 g/mol. The number of halogens is 1. The van der Waals surface area contributed by atoms with Gasteiger partial charge in [0, 0.05) is 25.1 Å². The van der Waals surface area contributed by atoms with Crippen LogP contribution >= 0.6 is 0 Å². The number of urea groups is 1. The topological polar surface area (TPSA) is 117 Å². The molecular weight excluding hydrogens is 505 g/mol. The summed E-state index contributed by atoms with van der Waals surface area (Å²) in [5.41, 5.74) is 2.54. The van der Waals surface area contributed by atoms with Crippen LogP contribution in [0.5, 0.6) is 11.5 Å². The molecule has 1 aliphatic heterocycles. The van der Waals surface area contributed by atoms with Gasteiger partial charge in [0.2, 0.25) is 5.79 Å². The van der Waals surface area contributed by atoms with Gasteiger partial charge in [-0.3, -0.25) is 4.79 Å². The summed E-state index contributed by atoms with van der Waals surface area (Å²) < 4.78 is 26.8. The SMILES string of the molecule is COc1ccccc1NC(=O)Nc1ccc(CC(=O)[C@@]2(F)CCCN2COc2ccc(C(=O)O)cc2)cc1C. The number of amides is 2. The van der Waals surface area contributed by atoms with Crippen molar-refractivity contribution in [2.24, 2.45) is 0 Å². The van der Waals surface area contributed by atoms with Crippen molar-refractivity contribution in [1.29, 1.82) is 0 Å². The highest BCUT2D eigenvalue weighted by Gasteiger charge is 2.47. The smallest absolute Gasteiger partial charge is 0.335 e. The van der Waals surface area contributed by atoms with Gasteiger partial charge in [-0.2, -0.15) is 0 Å². The average molecular weight is 536 g/mol. The quantitative estimate of drug-likeness (QED) is 0.303. The van der Waals surface area contributed by atoms with Gasteiger partial charge in [0.15, 0.2) is 5.78 Å². The summed E-state index contributed by atoms with van der Waals surface area (Å²) in [4.78, 5) is 38.0. The maximum Gasteiger partial charge on any atom is 0.335 e. The predicted molar refractivity (Wildman–Crippen MR) is 144 cm³/mol. The number of anilines is 2. The number of para-hydroxylation sites is 2. The van der Waals surface area contributed by atoms with Gasteiger partial charge in [-0.25, -0.2) is 18.9 Å². The van der Waals surface area contributed by atoms with E-state index in [1.165, 1.54) is 36.3 Å². The molecule has 1 fully saturated rings.